The maximum Gasteiger partial charge on any atom is 0.293 e. The summed E-state index contributed by atoms with van der Waals surface area (Å²) in [5, 5.41) is 13.7. The molecule has 1 amide bonds. The monoisotopic (exact) mass is 368 g/mol. The van der Waals surface area contributed by atoms with Crippen LogP contribution < -0.4 is 5.32 Å². The van der Waals surface area contributed by atoms with E-state index in [1.165, 1.54) is 24.3 Å². The van der Waals surface area contributed by atoms with E-state index < -0.39 is 16.6 Å². The van der Waals surface area contributed by atoms with Gasteiger partial charge < -0.3 is 5.32 Å². The van der Waals surface area contributed by atoms with Crippen LogP contribution in [0.5, 0.6) is 0 Å². The van der Waals surface area contributed by atoms with Crippen LogP contribution in [0, 0.1) is 29.8 Å². The molecule has 2 aromatic carbocycles. The lowest BCUT2D eigenvalue weighted by atomic mass is 10.1. The van der Waals surface area contributed by atoms with Crippen molar-refractivity contribution >= 4 is 40.6 Å². The Bertz CT molecular complexity index is 814. The summed E-state index contributed by atoms with van der Waals surface area (Å²) in [6.07, 6.45) is 0. The molecule has 8 heteroatoms. The van der Waals surface area contributed by atoms with E-state index in [0.717, 1.165) is 17.3 Å². The lowest BCUT2D eigenvalue weighted by molar-refractivity contribution is -0.384. The van der Waals surface area contributed by atoms with Crippen molar-refractivity contribution in [3.63, 3.8) is 0 Å². The van der Waals surface area contributed by atoms with Crippen molar-refractivity contribution in [3.05, 3.63) is 62.4 Å². The van der Waals surface area contributed by atoms with E-state index in [1.54, 1.807) is 13.0 Å². The maximum absolute atomic E-state index is 13.1. The summed E-state index contributed by atoms with van der Waals surface area (Å²) in [5.74, 6) is -0.902. The van der Waals surface area contributed by atoms with Gasteiger partial charge in [-0.05, 0) is 43.2 Å². The highest BCUT2D eigenvalue weighted by atomic mass is 35.5. The van der Waals surface area contributed by atoms with Gasteiger partial charge in [0.05, 0.1) is 15.7 Å². The minimum atomic E-state index is -0.533. The van der Waals surface area contributed by atoms with Crippen LogP contribution in [0.25, 0.3) is 0 Å². The molecule has 5 nitrogen and oxygen atoms in total. The number of thioether (sulfide) groups is 1. The quantitative estimate of drug-likeness (QED) is 0.470. The number of anilines is 1. The fourth-order valence-electron chi connectivity index (χ4n) is 2.00. The third-order valence-electron chi connectivity index (χ3n) is 3.44. The average molecular weight is 369 g/mol. The Hall–Kier alpha value is -2.12. The highest BCUT2D eigenvalue weighted by Crippen LogP contribution is 2.31. The topological polar surface area (TPSA) is 72.2 Å². The Morgan fingerprint density at radius 1 is 1.33 bits per heavy atom. The first-order chi connectivity index (χ1) is 11.3. The van der Waals surface area contributed by atoms with Gasteiger partial charge >= 0.3 is 0 Å². The summed E-state index contributed by atoms with van der Waals surface area (Å²) in [4.78, 5) is 23.3. The van der Waals surface area contributed by atoms with Gasteiger partial charge in [0, 0.05) is 11.0 Å². The highest BCUT2D eigenvalue weighted by Gasteiger charge is 2.19. The third kappa shape index (κ3) is 4.24. The molecule has 2 aromatic rings. The Balaban J connectivity index is 2.11. The van der Waals surface area contributed by atoms with E-state index in [4.69, 9.17) is 11.6 Å². The van der Waals surface area contributed by atoms with Crippen LogP contribution >= 0.6 is 23.4 Å². The molecule has 0 saturated carbocycles. The summed E-state index contributed by atoms with van der Waals surface area (Å²) < 4.78 is 13.1. The summed E-state index contributed by atoms with van der Waals surface area (Å²) >= 11 is 6.85. The number of carbonyl (C=O) groups is 1. The lowest BCUT2D eigenvalue weighted by Gasteiger charge is -2.11. The number of hydrogen-bond acceptors (Lipinski definition) is 4. The van der Waals surface area contributed by atoms with E-state index >= 15 is 0 Å². The van der Waals surface area contributed by atoms with Crippen LogP contribution in [-0.2, 0) is 4.79 Å². The molecule has 1 N–H and O–H groups in total. The summed E-state index contributed by atoms with van der Waals surface area (Å²) in [5.41, 5.74) is 1.53. The standard InChI is InChI=1S/C16H14ClFN2O3S/c1-9-3-6-14(20(22)23)16(10(9)2)19-15(21)8-24-11-4-5-13(18)12(17)7-11/h3-7H,8H2,1-2H3,(H,19,21). The fourth-order valence-corrected chi connectivity index (χ4v) is 2.98. The predicted molar refractivity (Wildman–Crippen MR) is 93.3 cm³/mol. The second-order valence-electron chi connectivity index (χ2n) is 5.07. The average Bonchev–Trinajstić information content (AvgIpc) is 2.53. The number of nitrogens with one attached hydrogen (secondary N) is 1. The lowest BCUT2D eigenvalue weighted by Crippen LogP contribution is -2.16. The van der Waals surface area contributed by atoms with Crippen LogP contribution in [-0.4, -0.2) is 16.6 Å². The van der Waals surface area contributed by atoms with E-state index in [9.17, 15) is 19.3 Å². The number of aryl methyl sites for hydroxylation is 1. The molecule has 0 fully saturated rings. The second kappa shape index (κ2) is 7.63. The van der Waals surface area contributed by atoms with Gasteiger partial charge in [0.15, 0.2) is 0 Å². The van der Waals surface area contributed by atoms with Crippen molar-refractivity contribution in [3.8, 4) is 0 Å². The molecule has 2 rings (SSSR count). The minimum Gasteiger partial charge on any atom is -0.319 e. The molecule has 0 saturated heterocycles. The third-order valence-corrected chi connectivity index (χ3v) is 4.72. The van der Waals surface area contributed by atoms with E-state index in [1.807, 2.05) is 6.92 Å². The van der Waals surface area contributed by atoms with Crippen LogP contribution in [0.3, 0.4) is 0 Å². The summed E-state index contributed by atoms with van der Waals surface area (Å²) in [6.45, 7) is 3.52. The summed E-state index contributed by atoms with van der Waals surface area (Å²) in [6, 6.07) is 7.16. The van der Waals surface area contributed by atoms with Gasteiger partial charge in [-0.3, -0.25) is 14.9 Å². The number of halogens is 2. The Labute approximate surface area is 147 Å². The zero-order valence-corrected chi connectivity index (χ0v) is 14.5. The molecule has 0 bridgehead atoms. The van der Waals surface area contributed by atoms with Crippen molar-refractivity contribution in [2.24, 2.45) is 0 Å². The molecule has 0 aliphatic rings. The number of hydrogen-bond donors (Lipinski definition) is 1. The molecule has 126 valence electrons. The first-order valence-electron chi connectivity index (χ1n) is 6.92. The maximum atomic E-state index is 13.1. The molecule has 0 aliphatic heterocycles. The van der Waals surface area contributed by atoms with Gasteiger partial charge in [-0.2, -0.15) is 0 Å². The normalized spacial score (nSPS) is 10.5. The largest absolute Gasteiger partial charge is 0.319 e. The number of nitrogens with zero attached hydrogens (tertiary/aromatic N) is 1. The van der Waals surface area contributed by atoms with Crippen molar-refractivity contribution in [2.45, 2.75) is 18.7 Å². The molecule has 0 heterocycles. The molecule has 0 aliphatic carbocycles. The van der Waals surface area contributed by atoms with Gasteiger partial charge in [0.2, 0.25) is 5.91 Å². The Morgan fingerprint density at radius 2 is 2.04 bits per heavy atom. The van der Waals surface area contributed by atoms with E-state index in [2.05, 4.69) is 5.32 Å². The molecular weight excluding hydrogens is 355 g/mol. The van der Waals surface area contributed by atoms with E-state index in [-0.39, 0.29) is 22.2 Å². The minimum absolute atomic E-state index is 0.0203. The second-order valence-corrected chi connectivity index (χ2v) is 6.53. The van der Waals surface area contributed by atoms with Crippen LogP contribution in [0.4, 0.5) is 15.8 Å². The zero-order valence-electron chi connectivity index (χ0n) is 12.9. The van der Waals surface area contributed by atoms with Gasteiger partial charge in [-0.25, -0.2) is 4.39 Å². The molecular formula is C16H14ClFN2O3S. The van der Waals surface area contributed by atoms with Gasteiger partial charge in [-0.15, -0.1) is 11.8 Å². The fraction of sp³-hybridized carbons (Fsp3) is 0.188. The van der Waals surface area contributed by atoms with Crippen molar-refractivity contribution < 1.29 is 14.1 Å². The van der Waals surface area contributed by atoms with Gasteiger partial charge in [0.25, 0.3) is 5.69 Å². The SMILES string of the molecule is Cc1ccc([N+](=O)[O-])c(NC(=O)CSc2ccc(F)c(Cl)c2)c1C. The number of amides is 1. The number of nitro benzene ring substituents is 1. The van der Waals surface area contributed by atoms with Crippen molar-refractivity contribution in [2.75, 3.05) is 11.1 Å². The van der Waals surface area contributed by atoms with E-state index in [0.29, 0.717) is 10.5 Å². The predicted octanol–water partition coefficient (Wildman–Crippen LogP) is 4.73. The number of rotatable bonds is 5. The molecule has 0 spiro atoms. The molecule has 0 aromatic heterocycles. The molecule has 0 radical (unpaired) electrons. The molecule has 0 unspecified atom stereocenters. The number of carbonyl (C=O) groups excluding carboxylic acids is 1. The van der Waals surface area contributed by atoms with Crippen LogP contribution in [0.1, 0.15) is 11.1 Å². The van der Waals surface area contributed by atoms with Gasteiger partial charge in [-0.1, -0.05) is 17.7 Å². The van der Waals surface area contributed by atoms with Gasteiger partial charge in [0.1, 0.15) is 11.5 Å². The first-order valence-corrected chi connectivity index (χ1v) is 8.28. The number of benzene rings is 2. The summed E-state index contributed by atoms with van der Waals surface area (Å²) in [7, 11) is 0. The van der Waals surface area contributed by atoms with Crippen molar-refractivity contribution in [1.82, 2.24) is 0 Å². The highest BCUT2D eigenvalue weighted by molar-refractivity contribution is 8.00. The van der Waals surface area contributed by atoms with Crippen LogP contribution in [0.15, 0.2) is 35.2 Å². The molecule has 24 heavy (non-hydrogen) atoms. The Morgan fingerprint density at radius 3 is 2.67 bits per heavy atom. The first kappa shape index (κ1) is 18.2. The zero-order chi connectivity index (χ0) is 17.9. The van der Waals surface area contributed by atoms with Crippen LogP contribution in [0.2, 0.25) is 5.02 Å². The molecule has 0 atom stereocenters. The smallest absolute Gasteiger partial charge is 0.293 e. The number of nitro groups is 1. The Kier molecular flexibility index (Phi) is 5.80. The van der Waals surface area contributed by atoms with Crippen molar-refractivity contribution in [1.29, 1.82) is 0 Å².